The Bertz CT molecular complexity index is 76.4. The number of carboxylic acid groups (broad SMARTS) is 1. The Morgan fingerprint density at radius 1 is 1.62 bits per heavy atom. The van der Waals surface area contributed by atoms with Crippen molar-refractivity contribution in [2.24, 2.45) is 0 Å². The molecule has 0 aromatic rings. The summed E-state index contributed by atoms with van der Waals surface area (Å²) < 4.78 is 9.50. The van der Waals surface area contributed by atoms with Crippen LogP contribution in [0.3, 0.4) is 0 Å². The van der Waals surface area contributed by atoms with Gasteiger partial charge in [0.1, 0.15) is 0 Å². The lowest BCUT2D eigenvalue weighted by Gasteiger charge is -1.79. The van der Waals surface area contributed by atoms with Gasteiger partial charge in [-0.1, -0.05) is 6.58 Å². The van der Waals surface area contributed by atoms with Crippen LogP contribution in [0.4, 0.5) is 4.39 Å². The fraction of sp³-hybridized carbons (Fsp3) is 0.400. The normalized spacial score (nSPS) is 6.38. The van der Waals surface area contributed by atoms with Gasteiger partial charge in [0.25, 0.3) is 0 Å². The van der Waals surface area contributed by atoms with Crippen molar-refractivity contribution in [1.82, 2.24) is 0 Å². The van der Waals surface area contributed by atoms with Crippen LogP contribution in [-0.2, 0) is 4.79 Å². The van der Waals surface area contributed by atoms with E-state index in [1.807, 2.05) is 0 Å². The van der Waals surface area contributed by atoms with Crippen molar-refractivity contribution in [3.8, 4) is 0 Å². The highest BCUT2D eigenvalue weighted by Gasteiger charge is 1.90. The zero-order valence-electron chi connectivity index (χ0n) is 4.94. The molecule has 0 amide bonds. The van der Waals surface area contributed by atoms with Gasteiger partial charge in [-0.3, -0.25) is 4.39 Å². The Kier molecular flexibility index (Phi) is 7.82. The number of alkyl halides is 1. The van der Waals surface area contributed by atoms with Crippen molar-refractivity contribution in [3.63, 3.8) is 0 Å². The molecule has 0 atom stereocenters. The van der Waals surface area contributed by atoms with E-state index in [0.29, 0.717) is 7.18 Å². The molecule has 1 N–H and O–H groups in total. The molecular weight excluding hydrogens is 111 g/mol. The van der Waals surface area contributed by atoms with E-state index >= 15 is 0 Å². The van der Waals surface area contributed by atoms with Crippen LogP contribution < -0.4 is 0 Å². The summed E-state index contributed by atoms with van der Waals surface area (Å²) in [7, 11) is 0.500. The molecule has 0 aromatic heterocycles. The predicted octanol–water partition coefficient (Wildman–Crippen LogP) is 1.23. The molecule has 3 heteroatoms. The standard InChI is InChI=1S/C4H6O2.CH3F/c1-3(2)4(5)6;1-2/h1H2,2H3,(H,5,6);1H3. The predicted molar refractivity (Wildman–Crippen MR) is 29.5 cm³/mol. The Balaban J connectivity index is 0. The highest BCUT2D eigenvalue weighted by Crippen LogP contribution is 1.81. The summed E-state index contributed by atoms with van der Waals surface area (Å²) in [5, 5.41) is 7.89. The lowest BCUT2D eigenvalue weighted by atomic mass is 10.4. The maximum atomic E-state index is 9.60. The van der Waals surface area contributed by atoms with Crippen LogP contribution >= 0.6 is 0 Å². The molecule has 0 aliphatic rings. The molecule has 0 rings (SSSR count). The minimum atomic E-state index is -0.935. The third-order valence-electron chi connectivity index (χ3n) is 0.365. The van der Waals surface area contributed by atoms with Gasteiger partial charge >= 0.3 is 5.97 Å². The first-order chi connectivity index (χ1) is 3.64. The molecule has 0 fully saturated rings. The van der Waals surface area contributed by atoms with E-state index < -0.39 is 5.97 Å². The topological polar surface area (TPSA) is 37.3 Å². The molecule has 0 heterocycles. The van der Waals surface area contributed by atoms with E-state index in [1.165, 1.54) is 6.92 Å². The molecule has 0 radical (unpaired) electrons. The van der Waals surface area contributed by atoms with Gasteiger partial charge in [0.2, 0.25) is 0 Å². The van der Waals surface area contributed by atoms with Crippen molar-refractivity contribution >= 4 is 5.97 Å². The van der Waals surface area contributed by atoms with Crippen LogP contribution in [0.25, 0.3) is 0 Å². The summed E-state index contributed by atoms with van der Waals surface area (Å²) in [5.41, 5.74) is 0.176. The Hall–Kier alpha value is -0.860. The molecule has 8 heavy (non-hydrogen) atoms. The number of rotatable bonds is 1. The average molecular weight is 120 g/mol. The Morgan fingerprint density at radius 3 is 1.75 bits per heavy atom. The summed E-state index contributed by atoms with van der Waals surface area (Å²) in [6, 6.07) is 0. The van der Waals surface area contributed by atoms with Crippen LogP contribution in [0.2, 0.25) is 0 Å². The molecular formula is C5H9FO2. The SMILES string of the molecule is C=C(C)C(=O)O.CF. The second-order valence-corrected chi connectivity index (χ2v) is 1.09. The molecule has 0 aromatic carbocycles. The molecule has 0 spiro atoms. The van der Waals surface area contributed by atoms with Gasteiger partial charge in [0.15, 0.2) is 0 Å². The number of halogens is 1. The average Bonchev–Trinajstić information content (AvgIpc) is 1.72. The molecule has 0 saturated carbocycles. The molecule has 0 aliphatic heterocycles. The maximum absolute atomic E-state index is 9.60. The maximum Gasteiger partial charge on any atom is 0.330 e. The van der Waals surface area contributed by atoms with Gasteiger partial charge in [-0.15, -0.1) is 0 Å². The summed E-state index contributed by atoms with van der Waals surface area (Å²) >= 11 is 0. The van der Waals surface area contributed by atoms with Crippen LogP contribution in [0.15, 0.2) is 12.2 Å². The minimum Gasteiger partial charge on any atom is -0.478 e. The van der Waals surface area contributed by atoms with E-state index in [-0.39, 0.29) is 5.57 Å². The highest BCUT2D eigenvalue weighted by atomic mass is 19.1. The summed E-state index contributed by atoms with van der Waals surface area (Å²) in [4.78, 5) is 9.60. The Labute approximate surface area is 47.6 Å². The van der Waals surface area contributed by atoms with Gasteiger partial charge in [0, 0.05) is 5.57 Å². The van der Waals surface area contributed by atoms with E-state index in [2.05, 4.69) is 6.58 Å². The third-order valence-corrected chi connectivity index (χ3v) is 0.365. The van der Waals surface area contributed by atoms with Gasteiger partial charge < -0.3 is 5.11 Å². The van der Waals surface area contributed by atoms with Crippen LogP contribution in [0, 0.1) is 0 Å². The van der Waals surface area contributed by atoms with Crippen molar-refractivity contribution in [1.29, 1.82) is 0 Å². The molecule has 0 aliphatic carbocycles. The van der Waals surface area contributed by atoms with Crippen molar-refractivity contribution in [2.45, 2.75) is 6.92 Å². The summed E-state index contributed by atoms with van der Waals surface area (Å²) in [6.07, 6.45) is 0. The van der Waals surface area contributed by atoms with Crippen molar-refractivity contribution < 1.29 is 14.3 Å². The summed E-state index contributed by atoms with van der Waals surface area (Å²) in [6.45, 7) is 4.60. The number of hydrogen-bond donors (Lipinski definition) is 1. The smallest absolute Gasteiger partial charge is 0.330 e. The minimum absolute atomic E-state index is 0.176. The molecule has 48 valence electrons. The number of carboxylic acids is 1. The van der Waals surface area contributed by atoms with E-state index in [0.717, 1.165) is 0 Å². The first kappa shape index (κ1) is 10.2. The van der Waals surface area contributed by atoms with Gasteiger partial charge in [-0.2, -0.15) is 0 Å². The number of hydrogen-bond acceptors (Lipinski definition) is 1. The quantitative estimate of drug-likeness (QED) is 0.528. The number of aliphatic carboxylic acids is 1. The first-order valence-corrected chi connectivity index (χ1v) is 1.91. The zero-order valence-corrected chi connectivity index (χ0v) is 4.94. The molecule has 0 bridgehead atoms. The third kappa shape index (κ3) is 8.94. The largest absolute Gasteiger partial charge is 0.478 e. The second kappa shape index (κ2) is 6.14. The second-order valence-electron chi connectivity index (χ2n) is 1.09. The number of carbonyl (C=O) groups is 1. The monoisotopic (exact) mass is 120 g/mol. The lowest BCUT2D eigenvalue weighted by Crippen LogP contribution is -1.92. The van der Waals surface area contributed by atoms with Crippen LogP contribution in [0.5, 0.6) is 0 Å². The summed E-state index contributed by atoms with van der Waals surface area (Å²) in [5.74, 6) is -0.935. The van der Waals surface area contributed by atoms with Gasteiger partial charge in [-0.25, -0.2) is 4.79 Å². The molecule has 2 nitrogen and oxygen atoms in total. The fourth-order valence-corrected chi connectivity index (χ4v) is 0. The van der Waals surface area contributed by atoms with E-state index in [1.54, 1.807) is 0 Å². The zero-order chi connectivity index (χ0) is 7.15. The Morgan fingerprint density at radius 2 is 1.75 bits per heavy atom. The first-order valence-electron chi connectivity index (χ1n) is 1.91. The van der Waals surface area contributed by atoms with Crippen LogP contribution in [0.1, 0.15) is 6.92 Å². The molecule has 0 saturated heterocycles. The van der Waals surface area contributed by atoms with Crippen molar-refractivity contribution in [2.75, 3.05) is 7.18 Å². The van der Waals surface area contributed by atoms with Crippen LogP contribution in [-0.4, -0.2) is 18.3 Å². The van der Waals surface area contributed by atoms with Gasteiger partial charge in [0.05, 0.1) is 7.18 Å². The highest BCUT2D eigenvalue weighted by molar-refractivity contribution is 5.84. The van der Waals surface area contributed by atoms with E-state index in [4.69, 9.17) is 5.11 Å². The van der Waals surface area contributed by atoms with E-state index in [9.17, 15) is 9.18 Å². The lowest BCUT2D eigenvalue weighted by molar-refractivity contribution is -0.132. The molecule has 0 unspecified atom stereocenters. The van der Waals surface area contributed by atoms with Gasteiger partial charge in [-0.05, 0) is 6.92 Å². The fourth-order valence-electron chi connectivity index (χ4n) is 0. The van der Waals surface area contributed by atoms with Crippen molar-refractivity contribution in [3.05, 3.63) is 12.2 Å².